The molecule has 0 aliphatic rings. The number of nitrogens with one attached hydrogen (secondary N) is 1. The lowest BCUT2D eigenvalue weighted by molar-refractivity contribution is 0.216. The Morgan fingerprint density at radius 2 is 2.00 bits per heavy atom. The van der Waals surface area contributed by atoms with Crippen molar-refractivity contribution >= 4 is 0 Å². The summed E-state index contributed by atoms with van der Waals surface area (Å²) >= 11 is 0. The number of tetrazole rings is 1. The monoisotopic (exact) mass is 204 g/mol. The molecule has 0 saturated heterocycles. The van der Waals surface area contributed by atoms with Crippen LogP contribution in [0.25, 0.3) is 0 Å². The number of benzene rings is 1. The van der Waals surface area contributed by atoms with E-state index in [0.29, 0.717) is 5.82 Å². The van der Waals surface area contributed by atoms with E-state index >= 15 is 0 Å². The van der Waals surface area contributed by atoms with E-state index in [9.17, 15) is 0 Å². The second-order valence-electron chi connectivity index (χ2n) is 3.36. The fourth-order valence-corrected chi connectivity index (χ4v) is 1.22. The summed E-state index contributed by atoms with van der Waals surface area (Å²) in [6, 6.07) is 7.85. The van der Waals surface area contributed by atoms with Crippen molar-refractivity contribution in [3.05, 3.63) is 35.7 Å². The van der Waals surface area contributed by atoms with Gasteiger partial charge in [0.15, 0.2) is 11.9 Å². The quantitative estimate of drug-likeness (QED) is 0.825. The maximum Gasteiger partial charge on any atom is 0.189 e. The highest BCUT2D eigenvalue weighted by molar-refractivity contribution is 5.26. The number of nitrogens with zero attached hydrogens (tertiary/aromatic N) is 3. The molecular weight excluding hydrogens is 192 g/mol. The van der Waals surface area contributed by atoms with Crippen molar-refractivity contribution in [3.8, 4) is 5.75 Å². The molecule has 0 bridgehead atoms. The molecular formula is C10H12N4O. The van der Waals surface area contributed by atoms with E-state index < -0.39 is 0 Å². The molecule has 15 heavy (non-hydrogen) atoms. The molecule has 5 nitrogen and oxygen atoms in total. The van der Waals surface area contributed by atoms with Gasteiger partial charge in [-0.1, -0.05) is 17.7 Å². The summed E-state index contributed by atoms with van der Waals surface area (Å²) in [7, 11) is 0. The third kappa shape index (κ3) is 2.31. The zero-order valence-electron chi connectivity index (χ0n) is 8.64. The highest BCUT2D eigenvalue weighted by atomic mass is 16.5. The number of hydrogen-bond donors (Lipinski definition) is 1. The van der Waals surface area contributed by atoms with Crippen molar-refractivity contribution in [2.45, 2.75) is 20.0 Å². The molecule has 0 saturated carbocycles. The van der Waals surface area contributed by atoms with Gasteiger partial charge in [0.05, 0.1) is 0 Å². The molecule has 0 amide bonds. The van der Waals surface area contributed by atoms with Gasteiger partial charge in [-0.15, -0.1) is 5.10 Å². The molecule has 1 aromatic carbocycles. The molecule has 0 spiro atoms. The molecule has 5 heteroatoms. The van der Waals surface area contributed by atoms with Crippen LogP contribution in [-0.2, 0) is 0 Å². The molecule has 0 aliphatic heterocycles. The Labute approximate surface area is 87.5 Å². The average Bonchev–Trinajstić information content (AvgIpc) is 2.74. The number of H-pyrrole nitrogens is 1. The van der Waals surface area contributed by atoms with Crippen LogP contribution in [0.2, 0.25) is 0 Å². The van der Waals surface area contributed by atoms with Gasteiger partial charge in [-0.2, -0.15) is 0 Å². The Balaban J connectivity index is 2.06. The Hall–Kier alpha value is -1.91. The molecule has 1 N–H and O–H groups in total. The fourth-order valence-electron chi connectivity index (χ4n) is 1.22. The maximum atomic E-state index is 5.64. The summed E-state index contributed by atoms with van der Waals surface area (Å²) in [5.41, 5.74) is 1.20. The van der Waals surface area contributed by atoms with Gasteiger partial charge in [0.2, 0.25) is 0 Å². The van der Waals surface area contributed by atoms with Crippen LogP contribution in [0.15, 0.2) is 24.3 Å². The summed E-state index contributed by atoms with van der Waals surface area (Å²) in [6.07, 6.45) is -0.178. The summed E-state index contributed by atoms with van der Waals surface area (Å²) < 4.78 is 5.64. The minimum absolute atomic E-state index is 0.178. The van der Waals surface area contributed by atoms with E-state index in [4.69, 9.17) is 4.74 Å². The Morgan fingerprint density at radius 3 is 2.60 bits per heavy atom. The number of rotatable bonds is 3. The van der Waals surface area contributed by atoms with Crippen molar-refractivity contribution in [2.24, 2.45) is 0 Å². The molecule has 0 radical (unpaired) electrons. The minimum Gasteiger partial charge on any atom is -0.483 e. The molecule has 0 unspecified atom stereocenters. The molecule has 0 fully saturated rings. The fraction of sp³-hybridized carbons (Fsp3) is 0.300. The first kappa shape index (κ1) is 9.64. The molecule has 1 aromatic heterocycles. The van der Waals surface area contributed by atoms with Crippen molar-refractivity contribution in [1.82, 2.24) is 20.6 Å². The smallest absolute Gasteiger partial charge is 0.189 e. The van der Waals surface area contributed by atoms with Gasteiger partial charge in [0, 0.05) is 0 Å². The Morgan fingerprint density at radius 1 is 1.27 bits per heavy atom. The first-order valence-electron chi connectivity index (χ1n) is 4.72. The van der Waals surface area contributed by atoms with Gasteiger partial charge in [0.1, 0.15) is 5.75 Å². The third-order valence-corrected chi connectivity index (χ3v) is 2.08. The van der Waals surface area contributed by atoms with Crippen LogP contribution >= 0.6 is 0 Å². The second-order valence-corrected chi connectivity index (χ2v) is 3.36. The molecule has 0 aliphatic carbocycles. The molecule has 78 valence electrons. The molecule has 2 aromatic rings. The Bertz CT molecular complexity index is 409. The lowest BCUT2D eigenvalue weighted by atomic mass is 10.2. The van der Waals surface area contributed by atoms with Crippen molar-refractivity contribution in [3.63, 3.8) is 0 Å². The Kier molecular flexibility index (Phi) is 2.62. The predicted octanol–water partition coefficient (Wildman–Crippen LogP) is 1.65. The van der Waals surface area contributed by atoms with Crippen LogP contribution in [0.4, 0.5) is 0 Å². The van der Waals surface area contributed by atoms with E-state index in [-0.39, 0.29) is 6.10 Å². The largest absolute Gasteiger partial charge is 0.483 e. The molecule has 1 heterocycles. The summed E-state index contributed by atoms with van der Waals surface area (Å²) in [6.45, 7) is 3.93. The number of ether oxygens (including phenoxy) is 1. The number of aromatic amines is 1. The van der Waals surface area contributed by atoms with Crippen molar-refractivity contribution in [1.29, 1.82) is 0 Å². The third-order valence-electron chi connectivity index (χ3n) is 2.08. The standard InChI is InChI=1S/C10H12N4O/c1-7-3-5-9(6-4-7)15-8(2)10-11-13-14-12-10/h3-6,8H,1-2H3,(H,11,12,13,14)/t8-/m0/s1. The lowest BCUT2D eigenvalue weighted by Crippen LogP contribution is -2.05. The average molecular weight is 204 g/mol. The van der Waals surface area contributed by atoms with Gasteiger partial charge in [-0.05, 0) is 36.4 Å². The number of aromatic nitrogens is 4. The molecule has 1 atom stereocenters. The number of hydrogen-bond acceptors (Lipinski definition) is 4. The van der Waals surface area contributed by atoms with Crippen LogP contribution in [0.3, 0.4) is 0 Å². The van der Waals surface area contributed by atoms with Crippen LogP contribution in [0, 0.1) is 6.92 Å². The van der Waals surface area contributed by atoms with E-state index in [1.54, 1.807) is 0 Å². The van der Waals surface area contributed by atoms with Gasteiger partial charge in [0.25, 0.3) is 0 Å². The highest BCUT2D eigenvalue weighted by Crippen LogP contribution is 2.18. The highest BCUT2D eigenvalue weighted by Gasteiger charge is 2.10. The normalized spacial score (nSPS) is 12.4. The van der Waals surface area contributed by atoms with Crippen LogP contribution < -0.4 is 4.74 Å². The zero-order chi connectivity index (χ0) is 10.7. The minimum atomic E-state index is -0.178. The van der Waals surface area contributed by atoms with Crippen LogP contribution in [0.5, 0.6) is 5.75 Å². The number of aryl methyl sites for hydroxylation is 1. The first-order valence-corrected chi connectivity index (χ1v) is 4.72. The van der Waals surface area contributed by atoms with Gasteiger partial charge >= 0.3 is 0 Å². The summed E-state index contributed by atoms with van der Waals surface area (Å²) in [5, 5.41) is 13.5. The topological polar surface area (TPSA) is 63.7 Å². The van der Waals surface area contributed by atoms with Gasteiger partial charge < -0.3 is 4.74 Å². The summed E-state index contributed by atoms with van der Waals surface area (Å²) in [4.78, 5) is 0. The van der Waals surface area contributed by atoms with Gasteiger partial charge in [-0.25, -0.2) is 5.10 Å². The first-order chi connectivity index (χ1) is 7.25. The maximum absolute atomic E-state index is 5.64. The molecule has 2 rings (SSSR count). The van der Waals surface area contributed by atoms with Gasteiger partial charge in [-0.3, -0.25) is 0 Å². The predicted molar refractivity (Wildman–Crippen MR) is 54.4 cm³/mol. The van der Waals surface area contributed by atoms with Crippen molar-refractivity contribution < 1.29 is 4.74 Å². The van der Waals surface area contributed by atoms with E-state index in [2.05, 4.69) is 20.6 Å². The van der Waals surface area contributed by atoms with E-state index in [1.165, 1.54) is 5.56 Å². The van der Waals surface area contributed by atoms with Crippen LogP contribution in [0.1, 0.15) is 24.4 Å². The van der Waals surface area contributed by atoms with E-state index in [1.807, 2.05) is 38.1 Å². The van der Waals surface area contributed by atoms with E-state index in [0.717, 1.165) is 5.75 Å². The second kappa shape index (κ2) is 4.08. The SMILES string of the molecule is Cc1ccc(O[C@@H](C)c2nnn[nH]2)cc1. The lowest BCUT2D eigenvalue weighted by Gasteiger charge is -2.11. The zero-order valence-corrected chi connectivity index (χ0v) is 8.64. The van der Waals surface area contributed by atoms with Crippen molar-refractivity contribution in [2.75, 3.05) is 0 Å². The summed E-state index contributed by atoms with van der Waals surface area (Å²) in [5.74, 6) is 1.43. The van der Waals surface area contributed by atoms with Crippen LogP contribution in [-0.4, -0.2) is 20.6 Å².